The molecule has 0 saturated heterocycles. The van der Waals surface area contributed by atoms with Gasteiger partial charge in [-0.25, -0.2) is 0 Å². The lowest BCUT2D eigenvalue weighted by Gasteiger charge is -2.46. The van der Waals surface area contributed by atoms with Crippen molar-refractivity contribution < 1.29 is 115 Å². The Morgan fingerprint density at radius 3 is 0.955 bits per heavy atom. The number of ketones is 1. The fourth-order valence-electron chi connectivity index (χ4n) is 11.1. The maximum absolute atomic E-state index is 14.2. The van der Waals surface area contributed by atoms with Crippen LogP contribution in [0.2, 0.25) is 0 Å². The first kappa shape index (κ1) is 70.4. The predicted octanol–water partition coefficient (Wildman–Crippen LogP) is 18.9. The summed E-state index contributed by atoms with van der Waals surface area (Å²) in [7, 11) is 0. The van der Waals surface area contributed by atoms with Gasteiger partial charge in [-0.2, -0.15) is 132 Å². The minimum Gasteiger partial charge on any atom is -0.287 e. The van der Waals surface area contributed by atoms with Gasteiger partial charge in [0.1, 0.15) is 6.15 Å². The number of carbonyl (C=O) groups is 1. The number of aromatic nitrogens is 1. The molecule has 0 amide bonds. The lowest BCUT2D eigenvalue weighted by atomic mass is 9.12. The molecule has 1 heterocycles. The van der Waals surface area contributed by atoms with E-state index in [1.165, 1.54) is 89.0 Å². The van der Waals surface area contributed by atoms with Crippen LogP contribution in [0.4, 0.5) is 105 Å². The molecular weight excluding hydrogens is 1230 g/mol. The normalized spacial score (nSPS) is 15.9. The Balaban J connectivity index is 0.000000334. The summed E-state index contributed by atoms with van der Waals surface area (Å²) in [4.78, 5) is 12.4. The molecule has 5 aromatic carbocycles. The first-order valence-electron chi connectivity index (χ1n) is 27.5. The van der Waals surface area contributed by atoms with E-state index in [2.05, 4.69) is 31.5 Å². The van der Waals surface area contributed by atoms with Gasteiger partial charge in [-0.15, -0.1) is 0 Å². The summed E-state index contributed by atoms with van der Waals surface area (Å²) in [6.45, 7) is 2.70. The molecule has 480 valence electrons. The minimum absolute atomic E-state index is 0.166. The van der Waals surface area contributed by atoms with Crippen LogP contribution < -0.4 is 26.4 Å². The maximum atomic E-state index is 14.2. The topological polar surface area (TPSA) is 20.9 Å². The molecular formula is C61H54BF24NO. The molecule has 88 heavy (non-hydrogen) atoms. The van der Waals surface area contributed by atoms with E-state index in [1.54, 1.807) is 0 Å². The van der Waals surface area contributed by atoms with Gasteiger partial charge in [0.2, 0.25) is 12.3 Å². The average Bonchev–Trinajstić information content (AvgIpc) is 0.802. The first-order chi connectivity index (χ1) is 40.5. The van der Waals surface area contributed by atoms with Crippen LogP contribution in [0.1, 0.15) is 157 Å². The van der Waals surface area contributed by atoms with Crippen molar-refractivity contribution >= 4 is 33.8 Å². The fraction of sp³-hybridized carbons (Fsp3) is 0.410. The second-order valence-corrected chi connectivity index (χ2v) is 21.8. The van der Waals surface area contributed by atoms with Crippen LogP contribution in [-0.2, 0) is 56.0 Å². The molecule has 0 spiro atoms. The quantitative estimate of drug-likeness (QED) is 0.0293. The number of alkyl halides is 24. The van der Waals surface area contributed by atoms with Crippen LogP contribution in [0.15, 0.2) is 128 Å². The monoisotopic (exact) mass is 1280 g/mol. The van der Waals surface area contributed by atoms with E-state index in [-0.39, 0.29) is 5.78 Å². The van der Waals surface area contributed by atoms with Gasteiger partial charge < -0.3 is 0 Å². The van der Waals surface area contributed by atoms with Gasteiger partial charge in [0, 0.05) is 17.7 Å². The molecule has 6 aromatic rings. The third-order valence-corrected chi connectivity index (χ3v) is 15.6. The molecule has 0 atom stereocenters. The smallest absolute Gasteiger partial charge is 0.287 e. The molecule has 2 nitrogen and oxygen atoms in total. The Hall–Kier alpha value is -6.70. The molecule has 1 aliphatic carbocycles. The summed E-state index contributed by atoms with van der Waals surface area (Å²) in [6.07, 6.45) is -32.4. The molecule has 0 radical (unpaired) electrons. The van der Waals surface area contributed by atoms with Crippen LogP contribution in [0.3, 0.4) is 0 Å². The summed E-state index contributed by atoms with van der Waals surface area (Å²) in [5.41, 5.74) is -28.0. The largest absolute Gasteiger partial charge is 0.416 e. The van der Waals surface area contributed by atoms with E-state index < -0.39 is 195 Å². The number of unbranched alkanes of at least 4 members (excludes halogenated alkanes) is 7. The highest BCUT2D eigenvalue weighted by atomic mass is 19.4. The Morgan fingerprint density at radius 1 is 0.386 bits per heavy atom. The van der Waals surface area contributed by atoms with E-state index in [1.807, 2.05) is 34.9 Å². The summed E-state index contributed by atoms with van der Waals surface area (Å²) < 4.78 is 343. The minimum atomic E-state index is -6.13. The third-order valence-electron chi connectivity index (χ3n) is 15.6. The molecule has 7 rings (SSSR count). The van der Waals surface area contributed by atoms with Crippen molar-refractivity contribution in [1.29, 1.82) is 0 Å². The molecule has 1 aromatic heterocycles. The van der Waals surface area contributed by atoms with Crippen molar-refractivity contribution in [1.82, 2.24) is 0 Å². The summed E-state index contributed by atoms with van der Waals surface area (Å²) in [5.74, 6) is 1.82. The first-order valence-corrected chi connectivity index (χ1v) is 27.5. The molecule has 27 heteroatoms. The zero-order chi connectivity index (χ0) is 65.6. The van der Waals surface area contributed by atoms with Crippen molar-refractivity contribution in [3.05, 3.63) is 183 Å². The number of benzene rings is 5. The Morgan fingerprint density at radius 2 is 0.670 bits per heavy atom. The molecule has 0 unspecified atom stereocenters. The van der Waals surface area contributed by atoms with Crippen molar-refractivity contribution in [3.8, 4) is 0 Å². The number of halogens is 24. The Labute approximate surface area is 488 Å². The molecule has 0 bridgehead atoms. The highest BCUT2D eigenvalue weighted by molar-refractivity contribution is 7.20. The SMILES string of the molecule is CCCCCCCCCCC1CCC(c2cc[n+](CC(=O)c3ccccc3)cc2)CC1.FC(F)(F)c1cc([B-](c2cc(C(F)(F)F)cc(C(F)(F)F)c2)(c2cc(C(F)(F)F)cc(C(F)(F)F)c2)c2cc(C(F)(F)F)cc(C(F)(F)F)c2)cc(C(F)(F)F)c1. The number of hydrogen-bond acceptors (Lipinski definition) is 1. The van der Waals surface area contributed by atoms with E-state index in [0.717, 1.165) is 11.5 Å². The second-order valence-electron chi connectivity index (χ2n) is 21.8. The molecule has 0 N–H and O–H groups in total. The number of carbonyl (C=O) groups excluding carboxylic acids is 1. The highest BCUT2D eigenvalue weighted by Crippen LogP contribution is 2.43. The Kier molecular flexibility index (Phi) is 21.7. The van der Waals surface area contributed by atoms with Gasteiger partial charge in [0.25, 0.3) is 0 Å². The van der Waals surface area contributed by atoms with E-state index in [0.29, 0.717) is 12.5 Å². The second kappa shape index (κ2) is 27.2. The van der Waals surface area contributed by atoms with E-state index in [4.69, 9.17) is 0 Å². The summed E-state index contributed by atoms with van der Waals surface area (Å²) in [6, 6.07) is 5.24. The summed E-state index contributed by atoms with van der Waals surface area (Å²) in [5, 5.41) is 0. The number of rotatable bonds is 17. The molecule has 1 aliphatic rings. The molecule has 0 aliphatic heterocycles. The van der Waals surface area contributed by atoms with Gasteiger partial charge in [-0.1, -0.05) is 144 Å². The van der Waals surface area contributed by atoms with Crippen LogP contribution in [0.25, 0.3) is 0 Å². The van der Waals surface area contributed by atoms with Crippen LogP contribution in [-0.4, -0.2) is 11.9 Å². The lowest BCUT2D eigenvalue weighted by Crippen LogP contribution is -2.75. The van der Waals surface area contributed by atoms with Crippen LogP contribution >= 0.6 is 0 Å². The average molecular weight is 1280 g/mol. The van der Waals surface area contributed by atoms with E-state index in [9.17, 15) is 110 Å². The zero-order valence-corrected chi connectivity index (χ0v) is 46.2. The number of nitrogens with zero attached hydrogens (tertiary/aromatic N) is 1. The van der Waals surface area contributed by atoms with Crippen molar-refractivity contribution in [2.75, 3.05) is 0 Å². The van der Waals surface area contributed by atoms with Crippen LogP contribution in [0, 0.1) is 5.92 Å². The lowest BCUT2D eigenvalue weighted by molar-refractivity contribution is -0.683. The van der Waals surface area contributed by atoms with Crippen molar-refractivity contribution in [3.63, 3.8) is 0 Å². The zero-order valence-electron chi connectivity index (χ0n) is 46.2. The van der Waals surface area contributed by atoms with Crippen molar-refractivity contribution in [2.45, 2.75) is 152 Å². The maximum Gasteiger partial charge on any atom is 0.416 e. The van der Waals surface area contributed by atoms with Crippen molar-refractivity contribution in [2.24, 2.45) is 5.92 Å². The van der Waals surface area contributed by atoms with Gasteiger partial charge in [-0.05, 0) is 67.3 Å². The van der Waals surface area contributed by atoms with Gasteiger partial charge >= 0.3 is 49.4 Å². The number of hydrogen-bond donors (Lipinski definition) is 0. The molecule has 1 saturated carbocycles. The fourth-order valence-corrected chi connectivity index (χ4v) is 11.1. The van der Waals surface area contributed by atoms with Gasteiger partial charge in [-0.3, -0.25) is 4.79 Å². The molecule has 1 fully saturated rings. The highest BCUT2D eigenvalue weighted by Gasteiger charge is 2.47. The number of pyridine rings is 1. The van der Waals surface area contributed by atoms with E-state index >= 15 is 0 Å². The standard InChI is InChI=1S/C32H12BF24.C29H42NO/c34-25(35,36)13-1-14(26(37,38)39)6-21(5-13)33(22-7-15(27(40,41)42)2-16(8-22)28(43,44)45,23-9-17(29(46,47)48)3-18(10-23)30(49,50)51)24-11-19(31(52,53)54)4-20(12-24)32(55,56)57;1-2-3-4-5-6-7-8-10-13-25-16-18-26(19-17-25)27-20-22-30(23-21-27)24-29(31)28-14-11-9-12-15-28/h1-12H;9,11-12,14-15,20-23,25-26H,2-8,10,13,16-19,24H2,1H3/q-1;+1. The predicted molar refractivity (Wildman–Crippen MR) is 279 cm³/mol. The third kappa shape index (κ3) is 18.2. The van der Waals surface area contributed by atoms with Gasteiger partial charge in [0.15, 0.2) is 12.4 Å². The Bertz CT molecular complexity index is 2850. The summed E-state index contributed by atoms with van der Waals surface area (Å²) >= 11 is 0. The van der Waals surface area contributed by atoms with Gasteiger partial charge in [0.05, 0.1) is 44.5 Å². The van der Waals surface area contributed by atoms with Crippen LogP contribution in [0.5, 0.6) is 0 Å². The number of Topliss-reactive ketones (excluding diaryl/α,β-unsaturated/α-hetero) is 1.